The standard InChI is InChI=1S/C16H22N4O2S/c1-4-21-13-7-6-12(10-14(13)22-5-2)8-9-17-15-11(3)19-20-16(23)18-15/h6-7,10H,4-5,8-9H2,1-3H3,(H2,17,18,20,23). The average Bonchev–Trinajstić information content (AvgIpc) is 2.53. The fourth-order valence-corrected chi connectivity index (χ4v) is 2.27. The Labute approximate surface area is 141 Å². The van der Waals surface area contributed by atoms with Gasteiger partial charge in [-0.2, -0.15) is 10.1 Å². The Morgan fingerprint density at radius 2 is 1.91 bits per heavy atom. The van der Waals surface area contributed by atoms with E-state index in [9.17, 15) is 0 Å². The van der Waals surface area contributed by atoms with E-state index in [-0.39, 0.29) is 0 Å². The van der Waals surface area contributed by atoms with Crippen molar-refractivity contribution in [1.29, 1.82) is 0 Å². The molecule has 0 radical (unpaired) electrons. The summed E-state index contributed by atoms with van der Waals surface area (Å²) in [6.45, 7) is 7.76. The first kappa shape index (κ1) is 17.2. The predicted octanol–water partition coefficient (Wildman–Crippen LogP) is 3.29. The van der Waals surface area contributed by atoms with Crippen LogP contribution in [-0.4, -0.2) is 34.9 Å². The van der Waals surface area contributed by atoms with Gasteiger partial charge in [0.2, 0.25) is 4.77 Å². The van der Waals surface area contributed by atoms with Gasteiger partial charge in [-0.05, 0) is 57.1 Å². The molecule has 0 aliphatic heterocycles. The quantitative estimate of drug-likeness (QED) is 0.722. The molecule has 0 amide bonds. The molecule has 0 aliphatic carbocycles. The van der Waals surface area contributed by atoms with Gasteiger partial charge in [0.05, 0.1) is 18.9 Å². The molecule has 0 aliphatic rings. The van der Waals surface area contributed by atoms with Crippen LogP contribution in [0.15, 0.2) is 18.2 Å². The normalized spacial score (nSPS) is 10.4. The maximum Gasteiger partial charge on any atom is 0.215 e. The highest BCUT2D eigenvalue weighted by Gasteiger charge is 2.07. The highest BCUT2D eigenvalue weighted by molar-refractivity contribution is 7.71. The molecule has 0 fully saturated rings. The second kappa shape index (κ2) is 8.47. The van der Waals surface area contributed by atoms with E-state index in [1.165, 1.54) is 0 Å². The molecular weight excluding hydrogens is 312 g/mol. The molecule has 1 aromatic heterocycles. The van der Waals surface area contributed by atoms with Gasteiger partial charge in [0, 0.05) is 6.54 Å². The van der Waals surface area contributed by atoms with Crippen LogP contribution in [0.3, 0.4) is 0 Å². The minimum absolute atomic E-state index is 0.373. The number of ether oxygens (including phenoxy) is 2. The molecular formula is C16H22N4O2S. The second-order valence-electron chi connectivity index (χ2n) is 4.90. The Balaban J connectivity index is 2.01. The zero-order valence-electron chi connectivity index (χ0n) is 13.7. The number of nitrogens with zero attached hydrogens (tertiary/aromatic N) is 2. The van der Waals surface area contributed by atoms with Gasteiger partial charge in [0.1, 0.15) is 0 Å². The van der Waals surface area contributed by atoms with Gasteiger partial charge in [-0.25, -0.2) is 0 Å². The van der Waals surface area contributed by atoms with Gasteiger partial charge < -0.3 is 14.8 Å². The third-order valence-corrected chi connectivity index (χ3v) is 3.37. The first-order valence-electron chi connectivity index (χ1n) is 7.69. The molecule has 2 rings (SSSR count). The monoisotopic (exact) mass is 334 g/mol. The van der Waals surface area contributed by atoms with Crippen LogP contribution in [0.5, 0.6) is 11.5 Å². The van der Waals surface area contributed by atoms with Crippen molar-refractivity contribution in [2.24, 2.45) is 0 Å². The number of hydrogen-bond acceptors (Lipinski definition) is 6. The van der Waals surface area contributed by atoms with E-state index >= 15 is 0 Å². The Morgan fingerprint density at radius 3 is 2.65 bits per heavy atom. The van der Waals surface area contributed by atoms with Crippen molar-refractivity contribution in [2.45, 2.75) is 27.2 Å². The molecule has 1 aromatic carbocycles. The third-order valence-electron chi connectivity index (χ3n) is 3.19. The molecule has 2 N–H and O–H groups in total. The van der Waals surface area contributed by atoms with Gasteiger partial charge in [-0.1, -0.05) is 6.07 Å². The molecule has 124 valence electrons. The number of aryl methyl sites for hydroxylation is 1. The number of H-pyrrole nitrogens is 1. The number of rotatable bonds is 8. The van der Waals surface area contributed by atoms with Crippen LogP contribution in [0, 0.1) is 11.7 Å². The molecule has 1 heterocycles. The summed E-state index contributed by atoms with van der Waals surface area (Å²) < 4.78 is 11.6. The Bertz CT molecular complexity index is 703. The number of aromatic amines is 1. The van der Waals surface area contributed by atoms with Crippen molar-refractivity contribution in [1.82, 2.24) is 15.2 Å². The Morgan fingerprint density at radius 1 is 1.17 bits per heavy atom. The van der Waals surface area contributed by atoms with Crippen LogP contribution in [0.4, 0.5) is 5.82 Å². The van der Waals surface area contributed by atoms with Crippen LogP contribution < -0.4 is 14.8 Å². The van der Waals surface area contributed by atoms with Crippen molar-refractivity contribution < 1.29 is 9.47 Å². The SMILES string of the molecule is CCOc1ccc(CCNc2nc(=S)[nH]nc2C)cc1OCC. The average molecular weight is 334 g/mol. The summed E-state index contributed by atoms with van der Waals surface area (Å²) in [6, 6.07) is 6.02. The van der Waals surface area contributed by atoms with Crippen LogP contribution in [0.1, 0.15) is 25.1 Å². The van der Waals surface area contributed by atoms with Gasteiger partial charge in [0.15, 0.2) is 17.3 Å². The number of nitrogens with one attached hydrogen (secondary N) is 2. The summed E-state index contributed by atoms with van der Waals surface area (Å²) in [4.78, 5) is 4.23. The van der Waals surface area contributed by atoms with Crippen LogP contribution >= 0.6 is 12.2 Å². The lowest BCUT2D eigenvalue weighted by molar-refractivity contribution is 0.287. The van der Waals surface area contributed by atoms with Crippen LogP contribution in [0.2, 0.25) is 0 Å². The number of anilines is 1. The summed E-state index contributed by atoms with van der Waals surface area (Å²) in [7, 11) is 0. The number of aromatic nitrogens is 3. The largest absolute Gasteiger partial charge is 0.490 e. The van der Waals surface area contributed by atoms with E-state index in [0.717, 1.165) is 35.7 Å². The molecule has 0 atom stereocenters. The zero-order chi connectivity index (χ0) is 16.7. The summed E-state index contributed by atoms with van der Waals surface area (Å²) in [5, 5.41) is 10.0. The molecule has 0 saturated heterocycles. The maximum absolute atomic E-state index is 5.64. The van der Waals surface area contributed by atoms with Gasteiger partial charge >= 0.3 is 0 Å². The van der Waals surface area contributed by atoms with E-state index in [0.29, 0.717) is 23.8 Å². The fraction of sp³-hybridized carbons (Fsp3) is 0.438. The Hall–Kier alpha value is -2.15. The van der Waals surface area contributed by atoms with E-state index in [2.05, 4.69) is 20.5 Å². The summed E-state index contributed by atoms with van der Waals surface area (Å²) in [5.41, 5.74) is 1.96. The van der Waals surface area contributed by atoms with Gasteiger partial charge in [-0.15, -0.1) is 0 Å². The first-order valence-corrected chi connectivity index (χ1v) is 8.10. The van der Waals surface area contributed by atoms with E-state index in [1.54, 1.807) is 0 Å². The predicted molar refractivity (Wildman–Crippen MR) is 92.9 cm³/mol. The van der Waals surface area contributed by atoms with Gasteiger partial charge in [-0.3, -0.25) is 5.10 Å². The minimum Gasteiger partial charge on any atom is -0.490 e. The highest BCUT2D eigenvalue weighted by Crippen LogP contribution is 2.28. The topological polar surface area (TPSA) is 72.1 Å². The minimum atomic E-state index is 0.373. The van der Waals surface area contributed by atoms with E-state index in [4.69, 9.17) is 21.7 Å². The maximum atomic E-state index is 5.64. The highest BCUT2D eigenvalue weighted by atomic mass is 32.1. The van der Waals surface area contributed by atoms with Crippen molar-refractivity contribution in [2.75, 3.05) is 25.1 Å². The first-order chi connectivity index (χ1) is 11.1. The molecule has 7 heteroatoms. The zero-order valence-corrected chi connectivity index (χ0v) is 14.5. The van der Waals surface area contributed by atoms with Crippen LogP contribution in [-0.2, 0) is 6.42 Å². The lowest BCUT2D eigenvalue weighted by atomic mass is 10.1. The fourth-order valence-electron chi connectivity index (χ4n) is 2.14. The van der Waals surface area contributed by atoms with E-state index < -0.39 is 0 Å². The smallest absolute Gasteiger partial charge is 0.215 e. The van der Waals surface area contributed by atoms with Crippen LogP contribution in [0.25, 0.3) is 0 Å². The second-order valence-corrected chi connectivity index (χ2v) is 5.29. The molecule has 0 spiro atoms. The summed E-state index contributed by atoms with van der Waals surface area (Å²) in [5.74, 6) is 2.27. The molecule has 2 aromatic rings. The van der Waals surface area contributed by atoms with Crippen molar-refractivity contribution in [3.05, 3.63) is 34.2 Å². The summed E-state index contributed by atoms with van der Waals surface area (Å²) in [6.07, 6.45) is 0.832. The Kier molecular flexibility index (Phi) is 6.34. The van der Waals surface area contributed by atoms with E-state index in [1.807, 2.05) is 39.0 Å². The number of benzene rings is 1. The van der Waals surface area contributed by atoms with Crippen molar-refractivity contribution in [3.8, 4) is 11.5 Å². The molecule has 0 saturated carbocycles. The third kappa shape index (κ3) is 4.92. The lowest BCUT2D eigenvalue weighted by Crippen LogP contribution is -2.09. The van der Waals surface area contributed by atoms with Crippen molar-refractivity contribution >= 4 is 18.0 Å². The lowest BCUT2D eigenvalue weighted by Gasteiger charge is -2.13. The molecule has 0 bridgehead atoms. The molecule has 0 unspecified atom stereocenters. The summed E-state index contributed by atoms with van der Waals surface area (Å²) >= 11 is 4.99. The van der Waals surface area contributed by atoms with Crippen molar-refractivity contribution in [3.63, 3.8) is 0 Å². The number of hydrogen-bond donors (Lipinski definition) is 2. The molecule has 23 heavy (non-hydrogen) atoms. The molecule has 6 nitrogen and oxygen atoms in total. The van der Waals surface area contributed by atoms with Gasteiger partial charge in [0.25, 0.3) is 0 Å².